The second kappa shape index (κ2) is 12.4. The van der Waals surface area contributed by atoms with Gasteiger partial charge in [0.15, 0.2) is 5.82 Å². The number of dihydropyridines is 1. The molecular weight excluding hydrogens is 516 g/mol. The Bertz CT molecular complexity index is 1650. The number of H-pyrrole nitrogens is 1. The highest BCUT2D eigenvalue weighted by molar-refractivity contribution is 6.05. The van der Waals surface area contributed by atoms with Gasteiger partial charge in [-0.05, 0) is 90.5 Å². The van der Waals surface area contributed by atoms with Crippen LogP contribution in [0.1, 0.15) is 48.2 Å². The van der Waals surface area contributed by atoms with Gasteiger partial charge in [-0.15, -0.1) is 0 Å². The lowest BCUT2D eigenvalue weighted by atomic mass is 9.89. The van der Waals surface area contributed by atoms with E-state index >= 15 is 0 Å². The molecule has 4 aromatic rings. The second-order valence-corrected chi connectivity index (χ2v) is 11.0. The van der Waals surface area contributed by atoms with E-state index in [1.807, 2.05) is 30.5 Å². The minimum Gasteiger partial charge on any atom is -0.362 e. The number of pyridine rings is 1. The van der Waals surface area contributed by atoms with E-state index in [2.05, 4.69) is 106 Å². The summed E-state index contributed by atoms with van der Waals surface area (Å²) in [6.07, 6.45) is 10.1. The molecule has 4 heterocycles. The van der Waals surface area contributed by atoms with Crippen LogP contribution in [0.2, 0.25) is 0 Å². The quantitative estimate of drug-likeness (QED) is 0.225. The van der Waals surface area contributed by atoms with Crippen molar-refractivity contribution in [3.8, 4) is 11.5 Å². The van der Waals surface area contributed by atoms with Gasteiger partial charge in [0.2, 0.25) is 0 Å². The minimum atomic E-state index is 0.393. The largest absolute Gasteiger partial charge is 0.362 e. The number of nitrogens with one attached hydrogen (secondary N) is 2. The number of aromatic nitrogens is 4. The maximum Gasteiger partial charge on any atom is 0.199 e. The van der Waals surface area contributed by atoms with Crippen LogP contribution in [0.15, 0.2) is 127 Å². The van der Waals surface area contributed by atoms with Gasteiger partial charge in [0.1, 0.15) is 11.5 Å². The van der Waals surface area contributed by atoms with E-state index in [-0.39, 0.29) is 0 Å². The van der Waals surface area contributed by atoms with Gasteiger partial charge < -0.3 is 5.32 Å². The van der Waals surface area contributed by atoms with Gasteiger partial charge >= 0.3 is 0 Å². The van der Waals surface area contributed by atoms with Crippen LogP contribution in [0.5, 0.6) is 0 Å². The Balaban J connectivity index is 1.11. The van der Waals surface area contributed by atoms with Gasteiger partial charge in [0.25, 0.3) is 0 Å². The van der Waals surface area contributed by atoms with Crippen LogP contribution >= 0.6 is 0 Å². The van der Waals surface area contributed by atoms with Crippen molar-refractivity contribution >= 4 is 11.1 Å². The molecule has 6 rings (SSSR count). The first-order chi connectivity index (χ1) is 20.5. The number of piperidine rings is 1. The third kappa shape index (κ3) is 6.09. The summed E-state index contributed by atoms with van der Waals surface area (Å²) in [6.45, 7) is 13.9. The number of hydrogen-bond donors (Lipinski definition) is 2. The molecule has 6 heteroatoms. The van der Waals surface area contributed by atoms with Crippen molar-refractivity contribution in [2.45, 2.75) is 32.2 Å². The van der Waals surface area contributed by atoms with Crippen LogP contribution in [0.4, 0.5) is 0 Å². The molecule has 2 aliphatic heterocycles. The fourth-order valence-electron chi connectivity index (χ4n) is 5.64. The van der Waals surface area contributed by atoms with Crippen LogP contribution in [-0.4, -0.2) is 38.2 Å². The molecule has 0 unspecified atom stereocenters. The van der Waals surface area contributed by atoms with Crippen LogP contribution in [-0.2, 0) is 6.54 Å². The SMILES string of the molecule is C=C1NC=CC(C)=C1/C=C(\C(=C)c1ccc(CN2CCC(c3nc(-c4ccccn4)n[nH]3)CC2)cc1)c1ccccc1. The normalized spacial score (nSPS) is 16.5. The second-order valence-electron chi connectivity index (χ2n) is 11.0. The molecule has 0 bridgehead atoms. The number of benzene rings is 2. The first-order valence-electron chi connectivity index (χ1n) is 14.5. The highest BCUT2D eigenvalue weighted by atomic mass is 15.2. The first-order valence-corrected chi connectivity index (χ1v) is 14.5. The van der Waals surface area contributed by atoms with E-state index in [4.69, 9.17) is 4.98 Å². The fraction of sp³-hybridized carbons (Fsp3) is 0.194. The smallest absolute Gasteiger partial charge is 0.199 e. The van der Waals surface area contributed by atoms with Crippen LogP contribution in [0.3, 0.4) is 0 Å². The molecule has 6 nitrogen and oxygen atoms in total. The van der Waals surface area contributed by atoms with E-state index in [9.17, 15) is 0 Å². The van der Waals surface area contributed by atoms with Gasteiger partial charge in [-0.2, -0.15) is 5.10 Å². The average Bonchev–Trinajstić information content (AvgIpc) is 3.53. The van der Waals surface area contributed by atoms with Gasteiger partial charge in [0.05, 0.1) is 0 Å². The lowest BCUT2D eigenvalue weighted by molar-refractivity contribution is 0.202. The highest BCUT2D eigenvalue weighted by Crippen LogP contribution is 2.34. The Labute approximate surface area is 247 Å². The summed E-state index contributed by atoms with van der Waals surface area (Å²) in [7, 11) is 0. The molecule has 0 aliphatic carbocycles. The molecule has 0 spiro atoms. The van der Waals surface area contributed by atoms with E-state index < -0.39 is 0 Å². The van der Waals surface area contributed by atoms with Crippen LogP contribution in [0.25, 0.3) is 22.7 Å². The lowest BCUT2D eigenvalue weighted by Gasteiger charge is -2.31. The number of aromatic amines is 1. The maximum absolute atomic E-state index is 4.75. The molecule has 0 atom stereocenters. The molecular formula is C36H36N6. The number of allylic oxidation sites excluding steroid dienone is 5. The molecule has 0 amide bonds. The lowest BCUT2D eigenvalue weighted by Crippen LogP contribution is -2.32. The molecule has 2 aliphatic rings. The molecule has 2 aromatic carbocycles. The predicted octanol–water partition coefficient (Wildman–Crippen LogP) is 7.29. The minimum absolute atomic E-state index is 0.393. The van der Waals surface area contributed by atoms with Crippen LogP contribution < -0.4 is 5.32 Å². The van der Waals surface area contributed by atoms with Crippen molar-refractivity contribution in [1.82, 2.24) is 30.4 Å². The molecule has 0 saturated carbocycles. The molecule has 0 radical (unpaired) electrons. The van der Waals surface area contributed by atoms with Crippen molar-refractivity contribution in [2.24, 2.45) is 0 Å². The van der Waals surface area contributed by atoms with Crippen molar-refractivity contribution in [2.75, 3.05) is 13.1 Å². The zero-order valence-corrected chi connectivity index (χ0v) is 24.1. The summed E-state index contributed by atoms with van der Waals surface area (Å²) in [6, 6.07) is 25.1. The summed E-state index contributed by atoms with van der Waals surface area (Å²) in [5, 5.41) is 10.8. The molecule has 210 valence electrons. The van der Waals surface area contributed by atoms with Gasteiger partial charge in [0, 0.05) is 36.1 Å². The molecule has 42 heavy (non-hydrogen) atoms. The van der Waals surface area contributed by atoms with E-state index in [0.29, 0.717) is 11.7 Å². The van der Waals surface area contributed by atoms with Crippen molar-refractivity contribution in [3.05, 3.63) is 150 Å². The monoisotopic (exact) mass is 552 g/mol. The third-order valence-corrected chi connectivity index (χ3v) is 8.12. The number of nitrogens with zero attached hydrogens (tertiary/aromatic N) is 4. The Kier molecular flexibility index (Phi) is 8.06. The Morgan fingerprint density at radius 2 is 1.74 bits per heavy atom. The average molecular weight is 553 g/mol. The summed E-state index contributed by atoms with van der Waals surface area (Å²) in [5.74, 6) is 2.03. The Morgan fingerprint density at radius 3 is 2.45 bits per heavy atom. The topological polar surface area (TPSA) is 69.7 Å². The summed E-state index contributed by atoms with van der Waals surface area (Å²) < 4.78 is 0. The van der Waals surface area contributed by atoms with E-state index in [1.165, 1.54) is 11.1 Å². The Morgan fingerprint density at radius 1 is 0.976 bits per heavy atom. The fourth-order valence-corrected chi connectivity index (χ4v) is 5.64. The standard InChI is InChI=1S/C36H36N6/c1-25-16-20-37-27(3)32(25)23-33(30-9-5-4-6-10-30)26(2)29-14-12-28(13-15-29)24-42-21-17-31(18-22-42)35-39-36(41-40-35)34-11-7-8-19-38-34/h4-16,19-20,23,31,37H,2-3,17-18,21-22,24H2,1H3,(H,39,40,41)/b33-23+. The van der Waals surface area contributed by atoms with Crippen molar-refractivity contribution in [3.63, 3.8) is 0 Å². The summed E-state index contributed by atoms with van der Waals surface area (Å²) >= 11 is 0. The van der Waals surface area contributed by atoms with E-state index in [0.717, 1.165) is 77.5 Å². The Hall–Kier alpha value is -4.81. The predicted molar refractivity (Wildman–Crippen MR) is 171 cm³/mol. The highest BCUT2D eigenvalue weighted by Gasteiger charge is 2.24. The number of rotatable bonds is 8. The zero-order chi connectivity index (χ0) is 28.9. The molecule has 2 aromatic heterocycles. The molecule has 2 N–H and O–H groups in total. The van der Waals surface area contributed by atoms with Gasteiger partial charge in [-0.3, -0.25) is 15.0 Å². The number of likely N-dealkylation sites (tertiary alicyclic amines) is 1. The summed E-state index contributed by atoms with van der Waals surface area (Å²) in [4.78, 5) is 11.6. The first kappa shape index (κ1) is 27.4. The third-order valence-electron chi connectivity index (χ3n) is 8.12. The molecule has 1 fully saturated rings. The van der Waals surface area contributed by atoms with Gasteiger partial charge in [-0.1, -0.05) is 73.8 Å². The van der Waals surface area contributed by atoms with Crippen molar-refractivity contribution < 1.29 is 0 Å². The number of hydrogen-bond acceptors (Lipinski definition) is 5. The van der Waals surface area contributed by atoms with Crippen LogP contribution in [0, 0.1) is 0 Å². The summed E-state index contributed by atoms with van der Waals surface area (Å²) in [5.41, 5.74) is 9.61. The van der Waals surface area contributed by atoms with Gasteiger partial charge in [-0.25, -0.2) is 4.98 Å². The molecule has 1 saturated heterocycles. The maximum atomic E-state index is 4.75. The van der Waals surface area contributed by atoms with Crippen molar-refractivity contribution in [1.29, 1.82) is 0 Å². The van der Waals surface area contributed by atoms with E-state index in [1.54, 1.807) is 6.20 Å². The zero-order valence-electron chi connectivity index (χ0n) is 24.1.